The van der Waals surface area contributed by atoms with Crippen LogP contribution in [-0.4, -0.2) is 59.7 Å². The highest BCUT2D eigenvalue weighted by molar-refractivity contribution is 7.87. The smallest absolute Gasteiger partial charge is 0.410 e. The van der Waals surface area contributed by atoms with E-state index in [0.29, 0.717) is 0 Å². The van der Waals surface area contributed by atoms with Crippen LogP contribution in [0.15, 0.2) is 30.3 Å². The third-order valence-electron chi connectivity index (χ3n) is 4.87. The number of alkyl halides is 3. The number of hydrogen-bond acceptors (Lipinski definition) is 6. The van der Waals surface area contributed by atoms with Gasteiger partial charge < -0.3 is 19.7 Å². The Labute approximate surface area is 190 Å². The van der Waals surface area contributed by atoms with E-state index in [1.165, 1.54) is 4.90 Å². The number of β-lactam (4-membered cyclic amide) rings is 1. The van der Waals surface area contributed by atoms with Crippen molar-refractivity contribution in [1.29, 1.82) is 0 Å². The number of esters is 1. The lowest BCUT2D eigenvalue weighted by Gasteiger charge is -2.43. The zero-order valence-corrected chi connectivity index (χ0v) is 19.1. The molecule has 2 fully saturated rings. The number of alkyl carbamates (subject to hydrolysis) is 1. The van der Waals surface area contributed by atoms with Gasteiger partial charge in [-0.15, -0.1) is 11.6 Å². The summed E-state index contributed by atoms with van der Waals surface area (Å²) in [4.78, 5) is 38.6. The van der Waals surface area contributed by atoms with Gasteiger partial charge in [0.25, 0.3) is 4.52 Å². The Morgan fingerprint density at radius 2 is 1.90 bits per heavy atom. The summed E-state index contributed by atoms with van der Waals surface area (Å²) < 4.78 is 20.0. The van der Waals surface area contributed by atoms with Gasteiger partial charge in [0, 0.05) is 0 Å². The first-order chi connectivity index (χ1) is 14.0. The third-order valence-corrected chi connectivity index (χ3v) is 8.14. The molecule has 0 saturated carbocycles. The fourth-order valence-electron chi connectivity index (χ4n) is 3.40. The van der Waals surface area contributed by atoms with Gasteiger partial charge in [-0.05, 0) is 19.4 Å². The zero-order valence-electron chi connectivity index (χ0n) is 16.0. The SMILES string of the molecule is CC1(C)[C@H](C(=O)OCc2ccccc2)N2C(=O)[C@@H](NC(=O)OC(Cl)(Cl)CCl)[C@H]2S1=O. The average molecular weight is 498 g/mol. The van der Waals surface area contributed by atoms with Crippen molar-refractivity contribution in [2.75, 3.05) is 5.88 Å². The molecule has 2 amide bonds. The highest BCUT2D eigenvalue weighted by atomic mass is 35.5. The van der Waals surface area contributed by atoms with Crippen LogP contribution in [0.4, 0.5) is 4.79 Å². The molecule has 164 valence electrons. The first kappa shape index (κ1) is 23.1. The summed E-state index contributed by atoms with van der Waals surface area (Å²) in [5.74, 6) is -1.65. The van der Waals surface area contributed by atoms with E-state index >= 15 is 0 Å². The molecule has 4 atom stereocenters. The number of fused-ring (bicyclic) bond motifs is 1. The van der Waals surface area contributed by atoms with Gasteiger partial charge in [0.2, 0.25) is 5.91 Å². The Morgan fingerprint density at radius 1 is 1.27 bits per heavy atom. The maximum atomic E-state index is 13.0. The number of benzene rings is 1. The van der Waals surface area contributed by atoms with Gasteiger partial charge in [-0.1, -0.05) is 53.5 Å². The first-order valence-corrected chi connectivity index (χ1v) is 11.4. The van der Waals surface area contributed by atoms with E-state index in [9.17, 15) is 18.6 Å². The molecule has 1 unspecified atom stereocenters. The number of rotatable bonds is 6. The predicted octanol–water partition coefficient (Wildman–Crippen LogP) is 2.27. The van der Waals surface area contributed by atoms with E-state index < -0.39 is 61.4 Å². The normalized spacial score (nSPS) is 27.1. The number of amides is 2. The maximum absolute atomic E-state index is 13.0. The monoisotopic (exact) mass is 496 g/mol. The summed E-state index contributed by atoms with van der Waals surface area (Å²) in [7, 11) is -1.67. The molecule has 0 aliphatic carbocycles. The number of nitrogens with one attached hydrogen (secondary N) is 1. The van der Waals surface area contributed by atoms with Gasteiger partial charge in [0.05, 0.1) is 21.4 Å². The van der Waals surface area contributed by atoms with Gasteiger partial charge in [-0.2, -0.15) is 0 Å². The van der Waals surface area contributed by atoms with Crippen molar-refractivity contribution in [1.82, 2.24) is 10.2 Å². The standard InChI is InChI=1S/C18H19Cl3N2O6S/c1-17(2)12(15(25)28-8-10-6-4-3-5-7-10)23-13(24)11(14(23)30(17)27)22-16(26)29-18(20,21)9-19/h3-7,11-12,14H,8-9H2,1-2H3,(H,22,26)/t11-,12+,14-,30?/m1/s1. The molecule has 3 rings (SSSR count). The van der Waals surface area contributed by atoms with Crippen molar-refractivity contribution in [3.63, 3.8) is 0 Å². The minimum atomic E-state index is -1.98. The molecule has 1 N–H and O–H groups in total. The van der Waals surface area contributed by atoms with E-state index in [1.54, 1.807) is 26.0 Å². The van der Waals surface area contributed by atoms with Gasteiger partial charge >= 0.3 is 12.1 Å². The van der Waals surface area contributed by atoms with Crippen LogP contribution in [0.1, 0.15) is 19.4 Å². The number of carbonyl (C=O) groups excluding carboxylic acids is 3. The summed E-state index contributed by atoms with van der Waals surface area (Å²) >= 11 is 16.8. The Hall–Kier alpha value is -1.55. The van der Waals surface area contributed by atoms with Crippen LogP contribution in [0.5, 0.6) is 0 Å². The number of carbonyl (C=O) groups is 3. The van der Waals surface area contributed by atoms with Crippen LogP contribution in [-0.2, 0) is 36.5 Å². The summed E-state index contributed by atoms with van der Waals surface area (Å²) in [6, 6.07) is 6.83. The first-order valence-electron chi connectivity index (χ1n) is 8.86. The van der Waals surface area contributed by atoms with E-state index in [-0.39, 0.29) is 6.61 Å². The molecular formula is C18H19Cl3N2O6S. The van der Waals surface area contributed by atoms with Crippen LogP contribution in [0.2, 0.25) is 0 Å². The van der Waals surface area contributed by atoms with Crippen molar-refractivity contribution >= 4 is 63.6 Å². The summed E-state index contributed by atoms with van der Waals surface area (Å²) in [5, 5.41) is 1.38. The Kier molecular flexibility index (Phi) is 6.57. The van der Waals surface area contributed by atoms with Crippen LogP contribution in [0.25, 0.3) is 0 Å². The molecule has 8 nitrogen and oxygen atoms in total. The second-order valence-corrected chi connectivity index (χ2v) is 11.1. The van der Waals surface area contributed by atoms with Gasteiger partial charge in [0.15, 0.2) is 0 Å². The second-order valence-electron chi connectivity index (χ2n) is 7.32. The van der Waals surface area contributed by atoms with Crippen molar-refractivity contribution in [2.24, 2.45) is 0 Å². The lowest BCUT2D eigenvalue weighted by Crippen LogP contribution is -2.71. The van der Waals surface area contributed by atoms with Crippen molar-refractivity contribution in [3.8, 4) is 0 Å². The molecule has 2 aliphatic heterocycles. The third kappa shape index (κ3) is 4.26. The quantitative estimate of drug-likeness (QED) is 0.367. The summed E-state index contributed by atoms with van der Waals surface area (Å²) in [6.45, 7) is 3.23. The van der Waals surface area contributed by atoms with Crippen molar-refractivity contribution < 1.29 is 28.1 Å². The molecule has 1 aromatic carbocycles. The summed E-state index contributed by atoms with van der Waals surface area (Å²) in [5.41, 5.74) is 0.779. The fraction of sp³-hybridized carbons (Fsp3) is 0.500. The Balaban J connectivity index is 1.70. The largest absolute Gasteiger partial charge is 0.459 e. The lowest BCUT2D eigenvalue weighted by atomic mass is 9.96. The predicted molar refractivity (Wildman–Crippen MR) is 111 cm³/mol. The van der Waals surface area contributed by atoms with Gasteiger partial charge in [-0.3, -0.25) is 9.00 Å². The van der Waals surface area contributed by atoms with E-state index in [4.69, 9.17) is 44.3 Å². The Bertz CT molecular complexity index is 882. The molecule has 1 aromatic rings. The van der Waals surface area contributed by atoms with Crippen LogP contribution < -0.4 is 5.32 Å². The number of nitrogens with zero attached hydrogens (tertiary/aromatic N) is 1. The molecule has 2 saturated heterocycles. The molecule has 0 radical (unpaired) electrons. The molecule has 30 heavy (non-hydrogen) atoms. The fourth-order valence-corrected chi connectivity index (χ4v) is 5.51. The Morgan fingerprint density at radius 3 is 2.50 bits per heavy atom. The van der Waals surface area contributed by atoms with Crippen LogP contribution in [0.3, 0.4) is 0 Å². The maximum Gasteiger partial charge on any atom is 0.410 e. The minimum absolute atomic E-state index is 0.0194. The van der Waals surface area contributed by atoms with E-state index in [1.807, 2.05) is 18.2 Å². The van der Waals surface area contributed by atoms with E-state index in [0.717, 1.165) is 5.56 Å². The molecule has 0 spiro atoms. The van der Waals surface area contributed by atoms with Crippen LogP contribution in [0, 0.1) is 0 Å². The van der Waals surface area contributed by atoms with Crippen molar-refractivity contribution in [3.05, 3.63) is 35.9 Å². The number of hydrogen-bond donors (Lipinski definition) is 1. The van der Waals surface area contributed by atoms with Crippen LogP contribution >= 0.6 is 34.8 Å². The second kappa shape index (κ2) is 8.53. The highest BCUT2D eigenvalue weighted by Gasteiger charge is 2.68. The molecule has 0 bridgehead atoms. The topological polar surface area (TPSA) is 102 Å². The molecule has 2 heterocycles. The number of halogens is 3. The van der Waals surface area contributed by atoms with E-state index in [2.05, 4.69) is 5.32 Å². The lowest BCUT2D eigenvalue weighted by molar-refractivity contribution is -0.164. The van der Waals surface area contributed by atoms with Gasteiger partial charge in [0.1, 0.15) is 24.1 Å². The summed E-state index contributed by atoms with van der Waals surface area (Å²) in [6.07, 6.45) is -1.09. The molecule has 12 heteroatoms. The average Bonchev–Trinajstić information content (AvgIpc) is 2.88. The molecule has 0 aromatic heterocycles. The van der Waals surface area contributed by atoms with Gasteiger partial charge in [-0.25, -0.2) is 9.59 Å². The zero-order chi connectivity index (χ0) is 22.3. The van der Waals surface area contributed by atoms with Crippen molar-refractivity contribution in [2.45, 2.75) is 47.2 Å². The molecule has 2 aliphatic rings. The number of ether oxygens (including phenoxy) is 2. The molecular weight excluding hydrogens is 479 g/mol. The minimum Gasteiger partial charge on any atom is -0.459 e. The highest BCUT2D eigenvalue weighted by Crippen LogP contribution is 2.44.